The summed E-state index contributed by atoms with van der Waals surface area (Å²) >= 11 is 0. The van der Waals surface area contributed by atoms with E-state index >= 15 is 0 Å². The Balaban J connectivity index is 1.34. The summed E-state index contributed by atoms with van der Waals surface area (Å²) in [5, 5.41) is 29.6. The number of nitrogens with two attached hydrogens (primary N) is 1. The average molecular weight is 464 g/mol. The summed E-state index contributed by atoms with van der Waals surface area (Å²) in [7, 11) is 0. The molecule has 0 aliphatic carbocycles. The lowest BCUT2D eigenvalue weighted by molar-refractivity contribution is -0.170. The first-order valence-electron chi connectivity index (χ1n) is 10.3. The van der Waals surface area contributed by atoms with E-state index in [0.717, 1.165) is 0 Å². The highest BCUT2D eigenvalue weighted by Gasteiger charge is 2.51. The van der Waals surface area contributed by atoms with E-state index in [1.54, 1.807) is 35.1 Å². The van der Waals surface area contributed by atoms with Gasteiger partial charge in [0.15, 0.2) is 28.9 Å². The van der Waals surface area contributed by atoms with Crippen molar-refractivity contribution in [3.05, 3.63) is 48.9 Å². The van der Waals surface area contributed by atoms with Gasteiger partial charge in [-0.2, -0.15) is 10.2 Å². The number of amides is 2. The summed E-state index contributed by atoms with van der Waals surface area (Å²) in [6.45, 7) is 1.67. The Hall–Kier alpha value is -4.36. The number of nitrogens with one attached hydrogen (secondary N) is 1. The summed E-state index contributed by atoms with van der Waals surface area (Å²) in [4.78, 5) is 27.5. The number of nitrogen functional groups attached to an aromatic ring is 1. The van der Waals surface area contributed by atoms with Crippen LogP contribution in [0.4, 0.5) is 17.3 Å². The van der Waals surface area contributed by atoms with Crippen LogP contribution in [0, 0.1) is 0 Å². The molecule has 1 fully saturated rings. The Bertz CT molecular complexity index is 1370. The van der Waals surface area contributed by atoms with Gasteiger partial charge in [0.2, 0.25) is 0 Å². The summed E-state index contributed by atoms with van der Waals surface area (Å²) in [5.74, 6) is -0.849. The van der Waals surface area contributed by atoms with Crippen molar-refractivity contribution in [2.75, 3.05) is 29.1 Å². The quantitative estimate of drug-likeness (QED) is 0.377. The molecule has 1 saturated heterocycles. The molecular formula is C21H20N8O5. The number of aliphatic hydroxyl groups excluding tert-OH is 1. The number of fused-ring (bicyclic) bond motifs is 1. The minimum atomic E-state index is -1.83. The maximum Gasteiger partial charge on any atom is 0.263 e. The van der Waals surface area contributed by atoms with Gasteiger partial charge in [0.25, 0.3) is 11.8 Å². The van der Waals surface area contributed by atoms with Gasteiger partial charge in [-0.3, -0.25) is 14.5 Å². The summed E-state index contributed by atoms with van der Waals surface area (Å²) in [6.07, 6.45) is 2.92. The molecule has 2 amide bonds. The molecular weight excluding hydrogens is 444 g/mol. The minimum absolute atomic E-state index is 0.0968. The third kappa shape index (κ3) is 3.62. The highest BCUT2D eigenvalue weighted by Crippen LogP contribution is 2.29. The molecule has 4 aromatic rings. The lowest BCUT2D eigenvalue weighted by Crippen LogP contribution is -2.63. The molecule has 0 saturated carbocycles. The monoisotopic (exact) mass is 464 g/mol. The number of hydrogen-bond donors (Lipinski definition) is 3. The van der Waals surface area contributed by atoms with Crippen LogP contribution in [0.1, 0.15) is 6.92 Å². The second-order valence-corrected chi connectivity index (χ2v) is 7.80. The largest absolute Gasteiger partial charge is 0.380 e. The first kappa shape index (κ1) is 21.5. The fraction of sp³-hybridized carbons (Fsp3) is 0.238. The van der Waals surface area contributed by atoms with E-state index < -0.39 is 23.5 Å². The van der Waals surface area contributed by atoms with Crippen molar-refractivity contribution in [3.8, 4) is 5.69 Å². The molecule has 1 aliphatic heterocycles. The Morgan fingerprint density at radius 3 is 2.94 bits per heavy atom. The molecule has 5 rings (SSSR count). The van der Waals surface area contributed by atoms with Crippen molar-refractivity contribution >= 4 is 40.1 Å². The highest BCUT2D eigenvalue weighted by atomic mass is 16.5. The summed E-state index contributed by atoms with van der Waals surface area (Å²) < 4.78 is 12.2. The Kier molecular flexibility index (Phi) is 5.18. The fourth-order valence-corrected chi connectivity index (χ4v) is 3.71. The second-order valence-electron chi connectivity index (χ2n) is 7.80. The third-order valence-electron chi connectivity index (χ3n) is 5.61. The van der Waals surface area contributed by atoms with Crippen molar-refractivity contribution < 1.29 is 24.0 Å². The van der Waals surface area contributed by atoms with Gasteiger partial charge in [0.05, 0.1) is 36.6 Å². The van der Waals surface area contributed by atoms with Gasteiger partial charge in [-0.05, 0) is 25.1 Å². The molecule has 0 radical (unpaired) electrons. The number of ether oxygens (including phenoxy) is 1. The molecule has 0 bridgehead atoms. The highest BCUT2D eigenvalue weighted by molar-refractivity contribution is 6.06. The van der Waals surface area contributed by atoms with Gasteiger partial charge >= 0.3 is 0 Å². The predicted octanol–water partition coefficient (Wildman–Crippen LogP) is 0.507. The molecule has 1 unspecified atom stereocenters. The van der Waals surface area contributed by atoms with Gasteiger partial charge in [-0.1, -0.05) is 5.16 Å². The molecule has 34 heavy (non-hydrogen) atoms. The number of rotatable bonds is 5. The molecule has 3 aromatic heterocycles. The Labute approximate surface area is 192 Å². The van der Waals surface area contributed by atoms with Crippen molar-refractivity contribution in [1.82, 2.24) is 25.1 Å². The molecule has 13 nitrogen and oxygen atoms in total. The van der Waals surface area contributed by atoms with E-state index in [-0.39, 0.29) is 19.0 Å². The van der Waals surface area contributed by atoms with E-state index in [1.165, 1.54) is 30.3 Å². The number of benzene rings is 1. The fourth-order valence-electron chi connectivity index (χ4n) is 3.71. The van der Waals surface area contributed by atoms with Crippen LogP contribution in [-0.2, 0) is 14.3 Å². The van der Waals surface area contributed by atoms with Gasteiger partial charge in [-0.25, -0.2) is 4.68 Å². The molecule has 1 aliphatic rings. The molecule has 174 valence electrons. The number of aromatic nitrogens is 5. The van der Waals surface area contributed by atoms with E-state index in [2.05, 4.69) is 25.8 Å². The number of morpholine rings is 1. The maximum atomic E-state index is 13.3. The molecule has 2 atom stereocenters. The zero-order chi connectivity index (χ0) is 23.9. The molecule has 0 spiro atoms. The number of hydrogen-bond acceptors (Lipinski definition) is 10. The van der Waals surface area contributed by atoms with Gasteiger partial charge in [0.1, 0.15) is 0 Å². The number of nitrogens with zero attached hydrogens (tertiary/aromatic N) is 6. The van der Waals surface area contributed by atoms with Crippen molar-refractivity contribution in [1.29, 1.82) is 0 Å². The van der Waals surface area contributed by atoms with Crippen molar-refractivity contribution in [3.63, 3.8) is 0 Å². The lowest BCUT2D eigenvalue weighted by Gasteiger charge is -2.40. The first-order valence-corrected chi connectivity index (χ1v) is 10.3. The van der Waals surface area contributed by atoms with Gasteiger partial charge in [-0.15, -0.1) is 5.10 Å². The number of aliphatic hydroxyl groups is 1. The number of anilines is 3. The van der Waals surface area contributed by atoms with Crippen LogP contribution < -0.4 is 16.0 Å². The molecule has 1 aromatic carbocycles. The van der Waals surface area contributed by atoms with Crippen LogP contribution in [0.5, 0.6) is 0 Å². The van der Waals surface area contributed by atoms with E-state index in [0.29, 0.717) is 28.2 Å². The van der Waals surface area contributed by atoms with Crippen LogP contribution >= 0.6 is 0 Å². The van der Waals surface area contributed by atoms with Crippen molar-refractivity contribution in [2.24, 2.45) is 0 Å². The van der Waals surface area contributed by atoms with E-state index in [9.17, 15) is 14.7 Å². The zero-order valence-electron chi connectivity index (χ0n) is 18.0. The third-order valence-corrected chi connectivity index (χ3v) is 5.61. The average Bonchev–Trinajstić information content (AvgIpc) is 3.48. The Morgan fingerprint density at radius 2 is 2.15 bits per heavy atom. The smallest absolute Gasteiger partial charge is 0.263 e. The molecule has 4 N–H and O–H groups in total. The van der Waals surface area contributed by atoms with Crippen LogP contribution in [0.25, 0.3) is 16.7 Å². The van der Waals surface area contributed by atoms with Crippen LogP contribution in [0.15, 0.2) is 53.4 Å². The Morgan fingerprint density at radius 1 is 1.29 bits per heavy atom. The van der Waals surface area contributed by atoms with Gasteiger partial charge in [0, 0.05) is 24.0 Å². The zero-order valence-corrected chi connectivity index (χ0v) is 18.0. The number of carbonyl (C=O) groups excluding carboxylic acids is 2. The number of carbonyl (C=O) groups is 2. The van der Waals surface area contributed by atoms with Crippen LogP contribution in [0.2, 0.25) is 0 Å². The minimum Gasteiger partial charge on any atom is -0.380 e. The lowest BCUT2D eigenvalue weighted by atomic mass is 9.94. The van der Waals surface area contributed by atoms with Gasteiger partial charge < -0.3 is 25.4 Å². The van der Waals surface area contributed by atoms with E-state index in [1.807, 2.05) is 0 Å². The summed E-state index contributed by atoms with van der Waals surface area (Å²) in [5.41, 5.74) is 5.23. The van der Waals surface area contributed by atoms with Crippen molar-refractivity contribution in [2.45, 2.75) is 18.6 Å². The first-order chi connectivity index (χ1) is 16.4. The standard InChI is InChI=1S/C21H20N8O5/c1-21(17(30)19(31)25-12-2-3-14-15(10-12)34-27-18(14)22)20(32)28(8-9-33-21)16-5-7-29(26-16)13-4-6-23-24-11-13/h2-7,10-11,17,30H,8-9H2,1H3,(H2,22,27)(H,25,31)/t17?,21-/m1/s1. The SMILES string of the molecule is C[C@]1(C(O)C(=O)Nc2ccc3c(N)noc3c2)OCCN(c2ccn(-c3ccnnc3)n2)C1=O. The normalized spacial score (nSPS) is 19.4. The predicted molar refractivity (Wildman–Crippen MR) is 119 cm³/mol. The van der Waals surface area contributed by atoms with E-state index in [4.69, 9.17) is 15.0 Å². The van der Waals surface area contributed by atoms with Crippen LogP contribution in [0.3, 0.4) is 0 Å². The second kappa shape index (κ2) is 8.20. The summed E-state index contributed by atoms with van der Waals surface area (Å²) in [6, 6.07) is 8.09. The molecule has 4 heterocycles. The van der Waals surface area contributed by atoms with Crippen LogP contribution in [-0.4, -0.2) is 66.9 Å². The maximum absolute atomic E-state index is 13.3. The topological polar surface area (TPSA) is 175 Å². The molecule has 13 heteroatoms.